The molecular weight excluding hydrogens is 252 g/mol. The zero-order chi connectivity index (χ0) is 12.8. The minimum atomic E-state index is -0.324. The van der Waals surface area contributed by atoms with Gasteiger partial charge in [0.05, 0.1) is 6.20 Å². The highest BCUT2D eigenvalue weighted by molar-refractivity contribution is 7.10. The highest BCUT2D eigenvalue weighted by Crippen LogP contribution is 2.11. The van der Waals surface area contributed by atoms with E-state index in [0.717, 1.165) is 24.5 Å². The number of hydrogen-bond acceptors (Lipinski definition) is 7. The molecule has 2 N–H and O–H groups in total. The molecule has 1 amide bonds. The lowest BCUT2D eigenvalue weighted by Crippen LogP contribution is -2.14. The number of amides is 1. The first-order valence-corrected chi connectivity index (χ1v) is 6.23. The third-order valence-corrected chi connectivity index (χ3v) is 2.63. The van der Waals surface area contributed by atoms with Gasteiger partial charge >= 0.3 is 0 Å². The molecule has 0 aliphatic heterocycles. The van der Waals surface area contributed by atoms with Crippen LogP contribution in [0.3, 0.4) is 0 Å². The smallest absolute Gasteiger partial charge is 0.276 e. The van der Waals surface area contributed by atoms with E-state index in [-0.39, 0.29) is 11.6 Å². The van der Waals surface area contributed by atoms with E-state index in [4.69, 9.17) is 0 Å². The molecule has 18 heavy (non-hydrogen) atoms. The Morgan fingerprint density at radius 2 is 2.28 bits per heavy atom. The normalized spacial score (nSPS) is 10.1. The predicted molar refractivity (Wildman–Crippen MR) is 68.7 cm³/mol. The highest BCUT2D eigenvalue weighted by Gasteiger charge is 2.09. The number of carbonyl (C=O) groups excluding carboxylic acids is 1. The van der Waals surface area contributed by atoms with Crippen LogP contribution in [-0.2, 0) is 0 Å². The molecule has 2 aromatic heterocycles. The van der Waals surface area contributed by atoms with Gasteiger partial charge in [-0.25, -0.2) is 0 Å². The molecule has 8 heteroatoms. The second-order valence-corrected chi connectivity index (χ2v) is 4.25. The van der Waals surface area contributed by atoms with E-state index in [1.807, 2.05) is 0 Å². The van der Waals surface area contributed by atoms with Gasteiger partial charge in [-0.05, 0) is 18.6 Å². The molecule has 0 bridgehead atoms. The monoisotopic (exact) mass is 264 g/mol. The van der Waals surface area contributed by atoms with Crippen LogP contribution in [0.1, 0.15) is 23.8 Å². The molecule has 0 radical (unpaired) electrons. The van der Waals surface area contributed by atoms with Crippen molar-refractivity contribution >= 4 is 28.3 Å². The van der Waals surface area contributed by atoms with Crippen LogP contribution in [0.25, 0.3) is 0 Å². The summed E-state index contributed by atoms with van der Waals surface area (Å²) < 4.78 is 3.65. The minimum absolute atomic E-state index is 0.255. The number of aromatic nitrogens is 4. The molecule has 2 heterocycles. The molecule has 0 atom stereocenters. The van der Waals surface area contributed by atoms with Crippen LogP contribution >= 0.6 is 11.5 Å². The second kappa shape index (κ2) is 6.01. The van der Waals surface area contributed by atoms with E-state index in [1.165, 1.54) is 6.20 Å². The SMILES string of the molecule is CCCNc1ccc(C(=O)Nc2cnns2)nn1. The highest BCUT2D eigenvalue weighted by atomic mass is 32.1. The maximum atomic E-state index is 11.8. The summed E-state index contributed by atoms with van der Waals surface area (Å²) in [6.07, 6.45) is 2.48. The van der Waals surface area contributed by atoms with Crippen molar-refractivity contribution in [3.05, 3.63) is 24.0 Å². The molecule has 0 aliphatic rings. The largest absolute Gasteiger partial charge is 0.369 e. The lowest BCUT2D eigenvalue weighted by atomic mass is 10.3. The van der Waals surface area contributed by atoms with Crippen molar-refractivity contribution in [2.75, 3.05) is 17.2 Å². The van der Waals surface area contributed by atoms with Crippen LogP contribution in [0.5, 0.6) is 0 Å². The van der Waals surface area contributed by atoms with Crippen LogP contribution in [0, 0.1) is 0 Å². The number of anilines is 2. The van der Waals surface area contributed by atoms with Gasteiger partial charge in [0.15, 0.2) is 5.69 Å². The van der Waals surface area contributed by atoms with Crippen molar-refractivity contribution in [3.8, 4) is 0 Å². The number of carbonyl (C=O) groups is 1. The van der Waals surface area contributed by atoms with Gasteiger partial charge in [-0.1, -0.05) is 11.4 Å². The van der Waals surface area contributed by atoms with Gasteiger partial charge in [-0.3, -0.25) is 4.79 Å². The van der Waals surface area contributed by atoms with Crippen LogP contribution in [0.4, 0.5) is 10.8 Å². The Morgan fingerprint density at radius 3 is 2.89 bits per heavy atom. The first-order valence-electron chi connectivity index (χ1n) is 5.46. The van der Waals surface area contributed by atoms with Crippen molar-refractivity contribution in [3.63, 3.8) is 0 Å². The van der Waals surface area contributed by atoms with Crippen molar-refractivity contribution in [2.24, 2.45) is 0 Å². The molecule has 2 aromatic rings. The average Bonchev–Trinajstić information content (AvgIpc) is 2.89. The topological polar surface area (TPSA) is 92.7 Å². The third-order valence-electron chi connectivity index (χ3n) is 2.05. The van der Waals surface area contributed by atoms with Crippen LogP contribution < -0.4 is 10.6 Å². The van der Waals surface area contributed by atoms with Crippen molar-refractivity contribution in [1.29, 1.82) is 0 Å². The van der Waals surface area contributed by atoms with Crippen LogP contribution in [0.2, 0.25) is 0 Å². The van der Waals surface area contributed by atoms with Gasteiger partial charge in [0.25, 0.3) is 5.91 Å². The molecule has 0 unspecified atom stereocenters. The summed E-state index contributed by atoms with van der Waals surface area (Å²) in [5.41, 5.74) is 0.255. The Morgan fingerprint density at radius 1 is 1.39 bits per heavy atom. The minimum Gasteiger partial charge on any atom is -0.369 e. The van der Waals surface area contributed by atoms with Crippen molar-refractivity contribution in [2.45, 2.75) is 13.3 Å². The summed E-state index contributed by atoms with van der Waals surface area (Å²) in [4.78, 5) is 11.8. The van der Waals surface area contributed by atoms with E-state index in [9.17, 15) is 4.79 Å². The first-order chi connectivity index (χ1) is 8.79. The van der Waals surface area contributed by atoms with Crippen LogP contribution in [0.15, 0.2) is 18.3 Å². The number of rotatable bonds is 5. The van der Waals surface area contributed by atoms with Gasteiger partial charge in [0.2, 0.25) is 0 Å². The summed E-state index contributed by atoms with van der Waals surface area (Å²) in [5.74, 6) is 0.337. The molecule has 2 rings (SSSR count). The number of nitrogens with zero attached hydrogens (tertiary/aromatic N) is 4. The second-order valence-electron chi connectivity index (χ2n) is 3.47. The quantitative estimate of drug-likeness (QED) is 0.848. The zero-order valence-corrected chi connectivity index (χ0v) is 10.6. The fraction of sp³-hybridized carbons (Fsp3) is 0.300. The standard InChI is InChI=1S/C10H12N6OS/c1-2-5-11-8-4-3-7(14-15-8)10(17)13-9-6-12-16-18-9/h3-4,6H,2,5H2,1H3,(H,11,15)(H,13,17). The van der Waals surface area contributed by atoms with Crippen molar-refractivity contribution in [1.82, 2.24) is 19.8 Å². The Kier molecular flexibility index (Phi) is 4.13. The average molecular weight is 264 g/mol. The van der Waals surface area contributed by atoms with Gasteiger partial charge in [-0.2, -0.15) is 0 Å². The molecular formula is C10H12N6OS. The first kappa shape index (κ1) is 12.4. The molecule has 0 saturated carbocycles. The number of nitrogens with one attached hydrogen (secondary N) is 2. The lowest BCUT2D eigenvalue weighted by molar-refractivity contribution is 0.102. The molecule has 0 spiro atoms. The Bertz CT molecular complexity index is 498. The maximum Gasteiger partial charge on any atom is 0.276 e. The van der Waals surface area contributed by atoms with E-state index in [0.29, 0.717) is 10.8 Å². The van der Waals surface area contributed by atoms with E-state index in [2.05, 4.69) is 37.3 Å². The Hall–Kier alpha value is -2.09. The van der Waals surface area contributed by atoms with Crippen molar-refractivity contribution < 1.29 is 4.79 Å². The molecule has 0 saturated heterocycles. The summed E-state index contributed by atoms with van der Waals surface area (Å²) >= 11 is 1.11. The molecule has 0 fully saturated rings. The van der Waals surface area contributed by atoms with Crippen LogP contribution in [-0.4, -0.2) is 32.2 Å². The Labute approximate surface area is 108 Å². The van der Waals surface area contributed by atoms with Gasteiger partial charge in [-0.15, -0.1) is 15.3 Å². The summed E-state index contributed by atoms with van der Waals surface area (Å²) in [6.45, 7) is 2.89. The van der Waals surface area contributed by atoms with E-state index >= 15 is 0 Å². The fourth-order valence-electron chi connectivity index (χ4n) is 1.20. The van der Waals surface area contributed by atoms with Gasteiger partial charge in [0.1, 0.15) is 10.8 Å². The summed E-state index contributed by atoms with van der Waals surface area (Å²) in [7, 11) is 0. The van der Waals surface area contributed by atoms with Gasteiger partial charge < -0.3 is 10.6 Å². The maximum absolute atomic E-state index is 11.8. The van der Waals surface area contributed by atoms with E-state index in [1.54, 1.807) is 12.1 Å². The molecule has 7 nitrogen and oxygen atoms in total. The lowest BCUT2D eigenvalue weighted by Gasteiger charge is -2.03. The summed E-state index contributed by atoms with van der Waals surface area (Å²) in [6, 6.07) is 3.34. The molecule has 0 aromatic carbocycles. The number of hydrogen-bond donors (Lipinski definition) is 2. The zero-order valence-electron chi connectivity index (χ0n) is 9.75. The Balaban J connectivity index is 1.98. The third kappa shape index (κ3) is 3.20. The fourth-order valence-corrected chi connectivity index (χ4v) is 1.61. The predicted octanol–water partition coefficient (Wildman–Crippen LogP) is 1.40. The van der Waals surface area contributed by atoms with Gasteiger partial charge in [0, 0.05) is 18.1 Å². The summed E-state index contributed by atoms with van der Waals surface area (Å²) in [5, 5.41) is 17.7. The van der Waals surface area contributed by atoms with E-state index < -0.39 is 0 Å². The molecule has 0 aliphatic carbocycles. The molecule has 94 valence electrons.